The summed E-state index contributed by atoms with van der Waals surface area (Å²) in [7, 11) is -0.819. The van der Waals surface area contributed by atoms with E-state index >= 15 is 0 Å². The molecule has 0 saturated carbocycles. The molecule has 1 atom stereocenters. The number of nitrogens with zero attached hydrogens (tertiary/aromatic N) is 3. The summed E-state index contributed by atoms with van der Waals surface area (Å²) in [6.45, 7) is 10.4. The van der Waals surface area contributed by atoms with Crippen LogP contribution >= 0.6 is 0 Å². The third-order valence-electron chi connectivity index (χ3n) is 5.18. The summed E-state index contributed by atoms with van der Waals surface area (Å²) in [5.41, 5.74) is 0. The van der Waals surface area contributed by atoms with E-state index in [-0.39, 0.29) is 0 Å². The van der Waals surface area contributed by atoms with Gasteiger partial charge in [-0.1, -0.05) is 13.3 Å². The van der Waals surface area contributed by atoms with E-state index < -0.39 is 10.0 Å². The van der Waals surface area contributed by atoms with E-state index in [1.807, 2.05) is 6.92 Å². The summed E-state index contributed by atoms with van der Waals surface area (Å²) < 4.78 is 26.2. The fourth-order valence-corrected chi connectivity index (χ4v) is 5.28. The molecule has 5 nitrogen and oxygen atoms in total. The molecule has 0 amide bonds. The predicted octanol–water partition coefficient (Wildman–Crippen LogP) is 1.46. The summed E-state index contributed by atoms with van der Waals surface area (Å²) >= 11 is 0. The zero-order valence-corrected chi connectivity index (χ0v) is 15.3. The highest BCUT2D eigenvalue weighted by Gasteiger charge is 2.30. The number of rotatable bonds is 6. The Kier molecular flexibility index (Phi) is 6.68. The maximum atomic E-state index is 12.2. The van der Waals surface area contributed by atoms with Crippen LogP contribution in [0.3, 0.4) is 0 Å². The first kappa shape index (κ1) is 18.2. The van der Waals surface area contributed by atoms with Gasteiger partial charge in [0.05, 0.1) is 5.75 Å². The van der Waals surface area contributed by atoms with Gasteiger partial charge in [0.25, 0.3) is 0 Å². The third kappa shape index (κ3) is 4.91. The molecule has 0 aromatic rings. The van der Waals surface area contributed by atoms with Crippen molar-refractivity contribution in [1.29, 1.82) is 0 Å². The van der Waals surface area contributed by atoms with E-state index in [4.69, 9.17) is 0 Å². The van der Waals surface area contributed by atoms with Gasteiger partial charge in [0, 0.05) is 45.3 Å². The highest BCUT2D eigenvalue weighted by Crippen LogP contribution is 2.23. The Morgan fingerprint density at radius 3 is 2.36 bits per heavy atom. The Morgan fingerprint density at radius 1 is 1.09 bits per heavy atom. The SMILES string of the molecule is CCCCS(=O)(=O)N1CCC(CN2CCN(C)C[C@@H]2C)CC1. The minimum absolute atomic E-state index is 0.323. The number of likely N-dealkylation sites (N-methyl/N-ethyl adjacent to an activating group) is 1. The van der Waals surface area contributed by atoms with Crippen molar-refractivity contribution in [3.05, 3.63) is 0 Å². The van der Waals surface area contributed by atoms with Crippen LogP contribution in [0, 0.1) is 5.92 Å². The summed E-state index contributed by atoms with van der Waals surface area (Å²) in [5, 5.41) is 0. The summed E-state index contributed by atoms with van der Waals surface area (Å²) in [4.78, 5) is 4.98. The molecule has 22 heavy (non-hydrogen) atoms. The molecule has 0 radical (unpaired) electrons. The Hall–Kier alpha value is -0.170. The zero-order valence-electron chi connectivity index (χ0n) is 14.5. The van der Waals surface area contributed by atoms with Gasteiger partial charge in [0.15, 0.2) is 0 Å². The largest absolute Gasteiger partial charge is 0.304 e. The third-order valence-corrected chi connectivity index (χ3v) is 7.14. The van der Waals surface area contributed by atoms with Gasteiger partial charge in [0.1, 0.15) is 0 Å². The first-order chi connectivity index (χ1) is 10.4. The van der Waals surface area contributed by atoms with E-state index in [9.17, 15) is 8.42 Å². The fourth-order valence-electron chi connectivity index (χ4n) is 3.61. The number of hydrogen-bond acceptors (Lipinski definition) is 4. The van der Waals surface area contributed by atoms with Gasteiger partial charge in [-0.15, -0.1) is 0 Å². The second-order valence-corrected chi connectivity index (χ2v) is 9.21. The topological polar surface area (TPSA) is 43.9 Å². The quantitative estimate of drug-likeness (QED) is 0.739. The smallest absolute Gasteiger partial charge is 0.214 e. The first-order valence-electron chi connectivity index (χ1n) is 8.82. The molecule has 0 aromatic carbocycles. The molecule has 2 aliphatic heterocycles. The summed E-state index contributed by atoms with van der Waals surface area (Å²) in [5.74, 6) is 0.979. The molecule has 0 spiro atoms. The number of sulfonamides is 1. The average Bonchev–Trinajstić information content (AvgIpc) is 2.49. The second kappa shape index (κ2) is 8.08. The van der Waals surface area contributed by atoms with E-state index in [0.29, 0.717) is 17.7 Å². The molecule has 0 unspecified atom stereocenters. The Morgan fingerprint density at radius 2 is 1.77 bits per heavy atom. The monoisotopic (exact) mass is 331 g/mol. The molecule has 0 N–H and O–H groups in total. The Labute approximate surface area is 136 Å². The van der Waals surface area contributed by atoms with Crippen LogP contribution in [0.25, 0.3) is 0 Å². The lowest BCUT2D eigenvalue weighted by atomic mass is 9.96. The average molecular weight is 332 g/mol. The number of piperazine rings is 1. The molecule has 2 rings (SSSR count). The van der Waals surface area contributed by atoms with Crippen molar-refractivity contribution in [2.24, 2.45) is 5.92 Å². The van der Waals surface area contributed by atoms with Gasteiger partial charge in [-0.3, -0.25) is 4.90 Å². The summed E-state index contributed by atoms with van der Waals surface area (Å²) in [6, 6.07) is 0.616. The van der Waals surface area contributed by atoms with Gasteiger partial charge >= 0.3 is 0 Å². The van der Waals surface area contributed by atoms with Crippen molar-refractivity contribution < 1.29 is 8.42 Å². The molecule has 2 aliphatic rings. The van der Waals surface area contributed by atoms with Crippen molar-refractivity contribution in [3.63, 3.8) is 0 Å². The highest BCUT2D eigenvalue weighted by atomic mass is 32.2. The first-order valence-corrected chi connectivity index (χ1v) is 10.4. The van der Waals surface area contributed by atoms with Crippen molar-refractivity contribution in [1.82, 2.24) is 14.1 Å². The van der Waals surface area contributed by atoms with Gasteiger partial charge in [-0.2, -0.15) is 0 Å². The lowest BCUT2D eigenvalue weighted by molar-refractivity contribution is 0.0750. The zero-order chi connectivity index (χ0) is 16.2. The fraction of sp³-hybridized carbons (Fsp3) is 1.00. The van der Waals surface area contributed by atoms with Crippen LogP contribution in [0.1, 0.15) is 39.5 Å². The molecule has 130 valence electrons. The molecule has 2 heterocycles. The van der Waals surface area contributed by atoms with Crippen molar-refractivity contribution in [3.8, 4) is 0 Å². The Balaban J connectivity index is 1.77. The normalized spacial score (nSPS) is 27.3. The van der Waals surface area contributed by atoms with Crippen LogP contribution in [-0.4, -0.2) is 80.6 Å². The number of hydrogen-bond donors (Lipinski definition) is 0. The Bertz CT molecular complexity index is 433. The van der Waals surface area contributed by atoms with Crippen LogP contribution in [0.15, 0.2) is 0 Å². The molecule has 6 heteroatoms. The second-order valence-electron chi connectivity index (χ2n) is 7.12. The maximum absolute atomic E-state index is 12.2. The molecular weight excluding hydrogens is 298 g/mol. The molecule has 0 bridgehead atoms. The maximum Gasteiger partial charge on any atom is 0.214 e. The molecule has 0 aromatic heterocycles. The van der Waals surface area contributed by atoms with E-state index in [0.717, 1.165) is 65.0 Å². The van der Waals surface area contributed by atoms with Gasteiger partial charge in [-0.05, 0) is 39.2 Å². The highest BCUT2D eigenvalue weighted by molar-refractivity contribution is 7.89. The summed E-state index contributed by atoms with van der Waals surface area (Å²) in [6.07, 6.45) is 3.76. The number of piperidine rings is 1. The van der Waals surface area contributed by atoms with Crippen molar-refractivity contribution in [2.75, 3.05) is 52.1 Å². The molecular formula is C16H33N3O2S. The number of unbranched alkanes of at least 4 members (excludes halogenated alkanes) is 1. The van der Waals surface area contributed by atoms with Gasteiger partial charge < -0.3 is 4.90 Å². The van der Waals surface area contributed by atoms with Crippen LogP contribution in [-0.2, 0) is 10.0 Å². The standard InChI is InChI=1S/C16H33N3O2S/c1-4-5-12-22(20,21)19-8-6-16(7-9-19)14-18-11-10-17(3)13-15(18)2/h15-16H,4-14H2,1-3H3/t15-/m0/s1. The van der Waals surface area contributed by atoms with Gasteiger partial charge in [0.2, 0.25) is 10.0 Å². The van der Waals surface area contributed by atoms with Crippen LogP contribution in [0.2, 0.25) is 0 Å². The van der Waals surface area contributed by atoms with Crippen LogP contribution in [0.4, 0.5) is 0 Å². The van der Waals surface area contributed by atoms with Gasteiger partial charge in [-0.25, -0.2) is 12.7 Å². The lowest BCUT2D eigenvalue weighted by Crippen LogP contribution is -2.52. The minimum Gasteiger partial charge on any atom is -0.304 e. The van der Waals surface area contributed by atoms with E-state index in [1.165, 1.54) is 0 Å². The van der Waals surface area contributed by atoms with Crippen LogP contribution in [0.5, 0.6) is 0 Å². The lowest BCUT2D eigenvalue weighted by Gasteiger charge is -2.41. The van der Waals surface area contributed by atoms with E-state index in [2.05, 4.69) is 23.8 Å². The molecule has 2 fully saturated rings. The molecule has 0 aliphatic carbocycles. The van der Waals surface area contributed by atoms with Crippen LogP contribution < -0.4 is 0 Å². The minimum atomic E-state index is -3.01. The van der Waals surface area contributed by atoms with Crippen molar-refractivity contribution in [2.45, 2.75) is 45.6 Å². The van der Waals surface area contributed by atoms with Crippen molar-refractivity contribution >= 4 is 10.0 Å². The predicted molar refractivity (Wildman–Crippen MR) is 91.5 cm³/mol. The van der Waals surface area contributed by atoms with E-state index in [1.54, 1.807) is 4.31 Å². The molecule has 2 saturated heterocycles.